The summed E-state index contributed by atoms with van der Waals surface area (Å²) in [7, 11) is 3.38. The first-order chi connectivity index (χ1) is 16.4. The number of nitrogens with two attached hydrogens (primary N) is 1. The van der Waals surface area contributed by atoms with E-state index < -0.39 is 6.04 Å². The van der Waals surface area contributed by atoms with Gasteiger partial charge in [-0.2, -0.15) is 0 Å². The topological polar surface area (TPSA) is 82.4 Å². The summed E-state index contributed by atoms with van der Waals surface area (Å²) in [5, 5.41) is 1.16. The van der Waals surface area contributed by atoms with Gasteiger partial charge in [-0.1, -0.05) is 49.4 Å². The highest BCUT2D eigenvalue weighted by atomic mass is 16.2. The number of hydrogen-bond acceptors (Lipinski definition) is 3. The standard InChI is InChI=1S/C25H29N3O.C3H7NO/c1-17(20-16-27-22-9-5-3-7-19(20)22)23(26)24(29)28-14-12-25(13-15-28)11-10-18-6-2-4-8-21(18)25;1-4(2)3-5/h2-9,16-17,23,27H,10-15,26H2,1H3;3H,1-2H3/t17-,23?;/m1./s1. The Labute approximate surface area is 202 Å². The third-order valence-electron chi connectivity index (χ3n) is 7.64. The summed E-state index contributed by atoms with van der Waals surface area (Å²) in [6.45, 7) is 3.68. The molecule has 2 aromatic carbocycles. The number of aromatic amines is 1. The molecule has 1 fully saturated rings. The van der Waals surface area contributed by atoms with Crippen LogP contribution in [0.25, 0.3) is 10.9 Å². The second-order valence-corrected chi connectivity index (χ2v) is 9.94. The number of fused-ring (bicyclic) bond motifs is 3. The molecule has 3 aromatic rings. The molecule has 1 unspecified atom stereocenters. The van der Waals surface area contributed by atoms with Crippen molar-refractivity contribution in [3.63, 3.8) is 0 Å². The Balaban J connectivity index is 0.000000499. The zero-order chi connectivity index (χ0) is 24.3. The number of hydrogen-bond donors (Lipinski definition) is 2. The van der Waals surface area contributed by atoms with Gasteiger partial charge in [0.15, 0.2) is 0 Å². The number of para-hydroxylation sites is 1. The largest absolute Gasteiger partial charge is 0.361 e. The predicted molar refractivity (Wildman–Crippen MR) is 137 cm³/mol. The predicted octanol–water partition coefficient (Wildman–Crippen LogP) is 3.81. The zero-order valence-corrected chi connectivity index (χ0v) is 20.5. The van der Waals surface area contributed by atoms with E-state index in [4.69, 9.17) is 5.73 Å². The van der Waals surface area contributed by atoms with Crippen LogP contribution in [-0.4, -0.2) is 60.3 Å². The molecule has 1 spiro atoms. The van der Waals surface area contributed by atoms with E-state index >= 15 is 0 Å². The average molecular weight is 461 g/mol. The van der Waals surface area contributed by atoms with E-state index in [0.29, 0.717) is 0 Å². The fraction of sp³-hybridized carbons (Fsp3) is 0.429. The van der Waals surface area contributed by atoms with Gasteiger partial charge in [0.25, 0.3) is 0 Å². The molecular weight excluding hydrogens is 424 g/mol. The lowest BCUT2D eigenvalue weighted by atomic mass is 9.73. The van der Waals surface area contributed by atoms with E-state index in [9.17, 15) is 9.59 Å². The van der Waals surface area contributed by atoms with E-state index in [2.05, 4.69) is 48.3 Å². The molecule has 180 valence electrons. The Bertz CT molecular complexity index is 1140. The van der Waals surface area contributed by atoms with Crippen molar-refractivity contribution in [3.05, 3.63) is 71.4 Å². The van der Waals surface area contributed by atoms with Gasteiger partial charge in [0.2, 0.25) is 12.3 Å². The molecule has 3 N–H and O–H groups in total. The number of carbonyl (C=O) groups excluding carboxylic acids is 2. The fourth-order valence-electron chi connectivity index (χ4n) is 5.53. The van der Waals surface area contributed by atoms with E-state index in [1.54, 1.807) is 14.1 Å². The molecule has 2 heterocycles. The van der Waals surface area contributed by atoms with Crippen LogP contribution in [0.1, 0.15) is 48.8 Å². The monoisotopic (exact) mass is 460 g/mol. The van der Waals surface area contributed by atoms with Gasteiger partial charge >= 0.3 is 0 Å². The van der Waals surface area contributed by atoms with Gasteiger partial charge in [0, 0.05) is 50.2 Å². The molecule has 0 radical (unpaired) electrons. The van der Waals surface area contributed by atoms with Crippen molar-refractivity contribution in [1.29, 1.82) is 0 Å². The third-order valence-corrected chi connectivity index (χ3v) is 7.64. The van der Waals surface area contributed by atoms with Crippen LogP contribution in [0.2, 0.25) is 0 Å². The van der Waals surface area contributed by atoms with Gasteiger partial charge in [-0.05, 0) is 53.9 Å². The maximum atomic E-state index is 13.2. The number of nitrogens with zero attached hydrogens (tertiary/aromatic N) is 2. The number of H-pyrrole nitrogens is 1. The molecule has 5 rings (SSSR count). The van der Waals surface area contributed by atoms with E-state index in [0.717, 1.165) is 48.8 Å². The number of amides is 2. The number of likely N-dealkylation sites (tertiary alicyclic amines) is 1. The van der Waals surface area contributed by atoms with Crippen LogP contribution < -0.4 is 5.73 Å². The quantitative estimate of drug-likeness (QED) is 0.581. The number of nitrogens with one attached hydrogen (secondary N) is 1. The molecule has 2 amide bonds. The van der Waals surface area contributed by atoms with Crippen molar-refractivity contribution < 1.29 is 9.59 Å². The van der Waals surface area contributed by atoms with E-state index in [1.165, 1.54) is 28.9 Å². The van der Waals surface area contributed by atoms with Crippen LogP contribution in [0, 0.1) is 0 Å². The molecule has 0 bridgehead atoms. The minimum atomic E-state index is -0.515. The fourth-order valence-corrected chi connectivity index (χ4v) is 5.53. The summed E-state index contributed by atoms with van der Waals surface area (Å²) in [4.78, 5) is 29.4. The van der Waals surface area contributed by atoms with Crippen molar-refractivity contribution >= 4 is 23.2 Å². The summed E-state index contributed by atoms with van der Waals surface area (Å²) >= 11 is 0. The van der Waals surface area contributed by atoms with E-state index in [1.807, 2.05) is 23.2 Å². The van der Waals surface area contributed by atoms with E-state index in [-0.39, 0.29) is 17.2 Å². The van der Waals surface area contributed by atoms with Gasteiger partial charge in [0.05, 0.1) is 6.04 Å². The first-order valence-electron chi connectivity index (χ1n) is 12.2. The van der Waals surface area contributed by atoms with Gasteiger partial charge in [-0.3, -0.25) is 9.59 Å². The molecular formula is C28H36N4O2. The van der Waals surface area contributed by atoms with Crippen LogP contribution in [0.15, 0.2) is 54.7 Å². The highest BCUT2D eigenvalue weighted by Gasteiger charge is 2.42. The first-order valence-corrected chi connectivity index (χ1v) is 12.2. The van der Waals surface area contributed by atoms with Gasteiger partial charge in [0.1, 0.15) is 0 Å². The Morgan fingerprint density at radius 3 is 2.44 bits per heavy atom. The summed E-state index contributed by atoms with van der Waals surface area (Å²) in [6, 6.07) is 16.5. The summed E-state index contributed by atoms with van der Waals surface area (Å²) in [5.74, 6) is 0.0608. The SMILES string of the molecule is CN(C)C=O.C[C@H](c1c[nH]c2ccccc12)C(N)C(=O)N1CCC2(CCc3ccccc32)CC1. The molecule has 1 aliphatic heterocycles. The van der Waals surface area contributed by atoms with Crippen LogP contribution in [0.3, 0.4) is 0 Å². The van der Waals surface area contributed by atoms with Crippen molar-refractivity contribution in [2.45, 2.75) is 50.0 Å². The number of piperidine rings is 1. The van der Waals surface area contributed by atoms with Crippen LogP contribution in [0.5, 0.6) is 0 Å². The molecule has 1 saturated heterocycles. The van der Waals surface area contributed by atoms with Crippen LogP contribution in [-0.2, 0) is 21.4 Å². The second kappa shape index (κ2) is 10.0. The van der Waals surface area contributed by atoms with Crippen molar-refractivity contribution in [2.24, 2.45) is 5.73 Å². The van der Waals surface area contributed by atoms with Crippen molar-refractivity contribution in [3.8, 4) is 0 Å². The van der Waals surface area contributed by atoms with Gasteiger partial charge in [-0.15, -0.1) is 0 Å². The maximum Gasteiger partial charge on any atom is 0.240 e. The minimum Gasteiger partial charge on any atom is -0.361 e. The maximum absolute atomic E-state index is 13.2. The summed E-state index contributed by atoms with van der Waals surface area (Å²) in [6.07, 6.45) is 7.23. The normalized spacial score (nSPS) is 18.1. The second-order valence-electron chi connectivity index (χ2n) is 9.94. The summed E-state index contributed by atoms with van der Waals surface area (Å²) in [5.41, 5.74) is 12.0. The molecule has 2 aliphatic rings. The van der Waals surface area contributed by atoms with Crippen molar-refractivity contribution in [1.82, 2.24) is 14.8 Å². The van der Waals surface area contributed by atoms with Gasteiger partial charge < -0.3 is 20.5 Å². The van der Waals surface area contributed by atoms with Crippen LogP contribution >= 0.6 is 0 Å². The number of carbonyl (C=O) groups is 2. The molecule has 6 nitrogen and oxygen atoms in total. The molecule has 6 heteroatoms. The number of aromatic nitrogens is 1. The minimum absolute atomic E-state index is 0.0262. The third kappa shape index (κ3) is 4.60. The first kappa shape index (κ1) is 24.0. The molecule has 1 aromatic heterocycles. The number of benzene rings is 2. The molecule has 1 aliphatic carbocycles. The Morgan fingerprint density at radius 2 is 1.74 bits per heavy atom. The highest BCUT2D eigenvalue weighted by molar-refractivity contribution is 5.87. The lowest BCUT2D eigenvalue weighted by Crippen LogP contribution is -2.51. The average Bonchev–Trinajstić information content (AvgIpc) is 3.46. The Morgan fingerprint density at radius 1 is 1.09 bits per heavy atom. The lowest BCUT2D eigenvalue weighted by molar-refractivity contribution is -0.134. The lowest BCUT2D eigenvalue weighted by Gasteiger charge is -2.41. The Hall–Kier alpha value is -3.12. The zero-order valence-electron chi connectivity index (χ0n) is 20.5. The van der Waals surface area contributed by atoms with Gasteiger partial charge in [-0.25, -0.2) is 0 Å². The number of aryl methyl sites for hydroxylation is 1. The van der Waals surface area contributed by atoms with Crippen molar-refractivity contribution in [2.75, 3.05) is 27.2 Å². The molecule has 0 saturated carbocycles. The molecule has 34 heavy (non-hydrogen) atoms. The summed E-state index contributed by atoms with van der Waals surface area (Å²) < 4.78 is 0. The Kier molecular flexibility index (Phi) is 7.08. The molecule has 2 atom stereocenters. The smallest absolute Gasteiger partial charge is 0.240 e. The number of rotatable bonds is 4. The highest BCUT2D eigenvalue weighted by Crippen LogP contribution is 2.46. The van der Waals surface area contributed by atoms with Crippen LogP contribution in [0.4, 0.5) is 0 Å².